The van der Waals surface area contributed by atoms with Gasteiger partial charge in [0.1, 0.15) is 5.56 Å². The zero-order chi connectivity index (χ0) is 18.8. The van der Waals surface area contributed by atoms with Crippen LogP contribution in [0.1, 0.15) is 31.1 Å². The Balaban J connectivity index is 3.16. The second kappa shape index (κ2) is 10.4. The molecule has 0 saturated heterocycles. The Morgan fingerprint density at radius 3 is 2.52 bits per heavy atom. The summed E-state index contributed by atoms with van der Waals surface area (Å²) in [6.45, 7) is 6.58. The Morgan fingerprint density at radius 1 is 1.36 bits per heavy atom. The summed E-state index contributed by atoms with van der Waals surface area (Å²) >= 11 is 0. The van der Waals surface area contributed by atoms with E-state index < -0.39 is 28.6 Å². The number of carbonyl (C=O) groups is 1. The van der Waals surface area contributed by atoms with Crippen molar-refractivity contribution in [3.8, 4) is 5.75 Å². The van der Waals surface area contributed by atoms with Crippen LogP contribution in [0, 0.1) is 10.1 Å². The average molecular weight is 352 g/mol. The molecular formula is C17H24N2O6. The van der Waals surface area contributed by atoms with E-state index in [-0.39, 0.29) is 18.7 Å². The number of phenols is 1. The molecule has 0 aliphatic carbocycles. The Hall–Kier alpha value is -2.45. The third-order valence-corrected chi connectivity index (χ3v) is 3.35. The average Bonchev–Trinajstić information content (AvgIpc) is 2.57. The van der Waals surface area contributed by atoms with Gasteiger partial charge in [-0.3, -0.25) is 14.9 Å². The first-order valence-electron chi connectivity index (χ1n) is 8.06. The van der Waals surface area contributed by atoms with E-state index in [0.717, 1.165) is 0 Å². The summed E-state index contributed by atoms with van der Waals surface area (Å²) in [6.07, 6.45) is 2.88. The molecule has 1 rings (SSSR count). The van der Waals surface area contributed by atoms with Gasteiger partial charge in [0.25, 0.3) is 5.91 Å². The van der Waals surface area contributed by atoms with Crippen LogP contribution in [0.3, 0.4) is 0 Å². The number of phenolic OH excluding ortho intramolecular Hbond substituents is 1. The highest BCUT2D eigenvalue weighted by atomic mass is 16.7. The monoisotopic (exact) mass is 352 g/mol. The van der Waals surface area contributed by atoms with E-state index >= 15 is 0 Å². The summed E-state index contributed by atoms with van der Waals surface area (Å²) in [5.41, 5.74) is -0.788. The lowest BCUT2D eigenvalue weighted by Crippen LogP contribution is -2.40. The number of aromatic hydroxyl groups is 1. The number of ether oxygens (including phenoxy) is 2. The van der Waals surface area contributed by atoms with Crippen molar-refractivity contribution in [1.29, 1.82) is 0 Å². The molecule has 0 unspecified atom stereocenters. The topological polar surface area (TPSA) is 102 Å². The summed E-state index contributed by atoms with van der Waals surface area (Å²) < 4.78 is 10.9. The summed E-state index contributed by atoms with van der Waals surface area (Å²) in [7, 11) is 0. The van der Waals surface area contributed by atoms with Crippen molar-refractivity contribution in [2.45, 2.75) is 27.1 Å². The van der Waals surface area contributed by atoms with Crippen LogP contribution >= 0.6 is 0 Å². The van der Waals surface area contributed by atoms with Crippen LogP contribution in [0.15, 0.2) is 30.4 Å². The maximum atomic E-state index is 12.8. The molecule has 0 aromatic heterocycles. The molecule has 0 aliphatic rings. The smallest absolute Gasteiger partial charge is 0.323 e. The number of allylic oxidation sites excluding steroid dienone is 1. The lowest BCUT2D eigenvalue weighted by molar-refractivity contribution is -0.386. The molecule has 1 N–H and O–H groups in total. The van der Waals surface area contributed by atoms with Crippen LogP contribution < -0.4 is 0 Å². The Morgan fingerprint density at radius 2 is 2.00 bits per heavy atom. The number of nitro benzene ring substituents is 1. The van der Waals surface area contributed by atoms with Gasteiger partial charge in [-0.1, -0.05) is 18.2 Å². The molecule has 1 amide bonds. The molecule has 0 heterocycles. The van der Waals surface area contributed by atoms with Crippen LogP contribution in [-0.2, 0) is 9.47 Å². The molecule has 0 atom stereocenters. The molecule has 0 bridgehead atoms. The van der Waals surface area contributed by atoms with Crippen LogP contribution in [0.2, 0.25) is 0 Å². The van der Waals surface area contributed by atoms with E-state index in [2.05, 4.69) is 0 Å². The number of benzene rings is 1. The summed E-state index contributed by atoms with van der Waals surface area (Å²) in [5.74, 6) is -1.13. The predicted molar refractivity (Wildman–Crippen MR) is 92.5 cm³/mol. The van der Waals surface area contributed by atoms with Gasteiger partial charge in [0.2, 0.25) is 0 Å². The number of amides is 1. The van der Waals surface area contributed by atoms with Crippen molar-refractivity contribution in [3.63, 3.8) is 0 Å². The highest BCUT2D eigenvalue weighted by Crippen LogP contribution is 2.30. The Bertz CT molecular complexity index is 611. The fourth-order valence-corrected chi connectivity index (χ4v) is 2.24. The summed E-state index contributed by atoms with van der Waals surface area (Å²) in [5, 5.41) is 21.0. The molecule has 25 heavy (non-hydrogen) atoms. The highest BCUT2D eigenvalue weighted by molar-refractivity contribution is 5.99. The third kappa shape index (κ3) is 5.84. The largest absolute Gasteiger partial charge is 0.502 e. The van der Waals surface area contributed by atoms with E-state index in [1.165, 1.54) is 23.1 Å². The lowest BCUT2D eigenvalue weighted by Gasteiger charge is -2.26. The normalized spacial score (nSPS) is 11.2. The number of hydrogen-bond donors (Lipinski definition) is 1. The molecule has 0 fully saturated rings. The molecular weight excluding hydrogens is 328 g/mol. The van der Waals surface area contributed by atoms with Crippen molar-refractivity contribution < 1.29 is 24.3 Å². The second-order valence-corrected chi connectivity index (χ2v) is 5.05. The molecule has 0 spiro atoms. The number of nitrogens with zero attached hydrogens (tertiary/aromatic N) is 2. The molecule has 138 valence electrons. The molecule has 1 aromatic carbocycles. The van der Waals surface area contributed by atoms with Crippen LogP contribution in [0.4, 0.5) is 5.69 Å². The van der Waals surface area contributed by atoms with Crippen LogP contribution in [-0.4, -0.2) is 53.4 Å². The number of hydrogen-bond acceptors (Lipinski definition) is 6. The first kappa shape index (κ1) is 20.6. The maximum Gasteiger partial charge on any atom is 0.323 e. The Kier molecular flexibility index (Phi) is 8.59. The minimum absolute atomic E-state index is 0.109. The van der Waals surface area contributed by atoms with Gasteiger partial charge in [-0.25, -0.2) is 0 Å². The second-order valence-electron chi connectivity index (χ2n) is 5.05. The Labute approximate surface area is 146 Å². The van der Waals surface area contributed by atoms with Gasteiger partial charge < -0.3 is 19.5 Å². The number of carbonyl (C=O) groups excluding carboxylic acids is 1. The molecule has 8 nitrogen and oxygen atoms in total. The molecule has 0 saturated carbocycles. The zero-order valence-corrected chi connectivity index (χ0v) is 14.7. The standard InChI is InChI=1S/C17H24N2O6/c1-4-7-11-18(12-15(24-5-2)25-6-3)17(21)13-9-8-10-14(20)16(13)19(22)23/h4,7-10,15,20H,5-6,11-12H2,1-3H3. The van der Waals surface area contributed by atoms with E-state index in [1.807, 2.05) is 20.8 Å². The minimum atomic E-state index is -0.765. The molecule has 1 aromatic rings. The quantitative estimate of drug-likeness (QED) is 0.301. The fourth-order valence-electron chi connectivity index (χ4n) is 2.24. The van der Waals surface area contributed by atoms with Gasteiger partial charge in [-0.05, 0) is 32.9 Å². The number of rotatable bonds is 10. The summed E-state index contributed by atoms with van der Waals surface area (Å²) in [6, 6.07) is 3.89. The van der Waals surface area contributed by atoms with E-state index in [1.54, 1.807) is 12.2 Å². The van der Waals surface area contributed by atoms with Gasteiger partial charge in [-0.2, -0.15) is 0 Å². The van der Waals surface area contributed by atoms with Crippen molar-refractivity contribution >= 4 is 11.6 Å². The third-order valence-electron chi connectivity index (χ3n) is 3.35. The zero-order valence-electron chi connectivity index (χ0n) is 14.7. The fraction of sp³-hybridized carbons (Fsp3) is 0.471. The summed E-state index contributed by atoms with van der Waals surface area (Å²) in [4.78, 5) is 24.7. The van der Waals surface area contributed by atoms with Crippen molar-refractivity contribution in [2.75, 3.05) is 26.3 Å². The van der Waals surface area contributed by atoms with Crippen molar-refractivity contribution in [1.82, 2.24) is 4.90 Å². The van der Waals surface area contributed by atoms with E-state index in [4.69, 9.17) is 9.47 Å². The number of nitro groups is 1. The first-order chi connectivity index (χ1) is 12.0. The van der Waals surface area contributed by atoms with Gasteiger partial charge >= 0.3 is 5.69 Å². The highest BCUT2D eigenvalue weighted by Gasteiger charge is 2.29. The first-order valence-corrected chi connectivity index (χ1v) is 8.06. The lowest BCUT2D eigenvalue weighted by atomic mass is 10.1. The van der Waals surface area contributed by atoms with Crippen LogP contribution in [0.5, 0.6) is 5.75 Å². The molecule has 0 aliphatic heterocycles. The molecule has 0 radical (unpaired) electrons. The van der Waals surface area contributed by atoms with Gasteiger partial charge in [0.15, 0.2) is 12.0 Å². The maximum absolute atomic E-state index is 12.8. The van der Waals surface area contributed by atoms with E-state index in [9.17, 15) is 20.0 Å². The molecule has 8 heteroatoms. The minimum Gasteiger partial charge on any atom is -0.502 e. The van der Waals surface area contributed by atoms with Gasteiger partial charge in [0, 0.05) is 19.8 Å². The van der Waals surface area contributed by atoms with Crippen molar-refractivity contribution in [2.24, 2.45) is 0 Å². The number of para-hydroxylation sites is 1. The van der Waals surface area contributed by atoms with E-state index in [0.29, 0.717) is 13.2 Å². The van der Waals surface area contributed by atoms with Gasteiger partial charge in [0.05, 0.1) is 11.5 Å². The predicted octanol–water partition coefficient (Wildman–Crippen LogP) is 2.72. The van der Waals surface area contributed by atoms with Gasteiger partial charge in [-0.15, -0.1) is 0 Å². The van der Waals surface area contributed by atoms with Crippen LogP contribution in [0.25, 0.3) is 0 Å². The SMILES string of the molecule is CC=CCN(CC(OCC)OCC)C(=O)c1cccc(O)c1[N+](=O)[O-]. The van der Waals surface area contributed by atoms with Crippen molar-refractivity contribution in [3.05, 3.63) is 46.0 Å².